The molecule has 29 heavy (non-hydrogen) atoms. The summed E-state index contributed by atoms with van der Waals surface area (Å²) in [5, 5.41) is 8.32. The van der Waals surface area contributed by atoms with Crippen molar-refractivity contribution in [3.8, 4) is 0 Å². The van der Waals surface area contributed by atoms with Gasteiger partial charge in [-0.15, -0.1) is 0 Å². The number of nitrogens with zero attached hydrogens (tertiary/aromatic N) is 4. The number of pyridine rings is 1. The Labute approximate surface area is 166 Å². The Morgan fingerprint density at radius 3 is 2.93 bits per heavy atom. The summed E-state index contributed by atoms with van der Waals surface area (Å²) < 4.78 is 16.6. The summed E-state index contributed by atoms with van der Waals surface area (Å²) in [6.45, 7) is 0.959. The molecular formula is C21H21FN6O. The second kappa shape index (κ2) is 6.66. The van der Waals surface area contributed by atoms with Crippen molar-refractivity contribution in [1.82, 2.24) is 24.6 Å². The van der Waals surface area contributed by atoms with E-state index in [1.807, 2.05) is 20.2 Å². The number of fused-ring (bicyclic) bond motifs is 2. The van der Waals surface area contributed by atoms with E-state index in [9.17, 15) is 9.18 Å². The number of anilines is 1. The molecule has 1 amide bonds. The first-order chi connectivity index (χ1) is 14.0. The Morgan fingerprint density at radius 1 is 1.28 bits per heavy atom. The first kappa shape index (κ1) is 17.8. The van der Waals surface area contributed by atoms with Crippen LogP contribution in [0.5, 0.6) is 0 Å². The van der Waals surface area contributed by atoms with Crippen molar-refractivity contribution in [3.05, 3.63) is 53.7 Å². The van der Waals surface area contributed by atoms with Crippen LogP contribution in [0.3, 0.4) is 0 Å². The number of benzene rings is 1. The van der Waals surface area contributed by atoms with Crippen LogP contribution in [0, 0.1) is 5.82 Å². The van der Waals surface area contributed by atoms with Crippen LogP contribution in [0.15, 0.2) is 36.7 Å². The summed E-state index contributed by atoms with van der Waals surface area (Å²) in [6.07, 6.45) is 5.17. The van der Waals surface area contributed by atoms with E-state index in [0.717, 1.165) is 30.3 Å². The molecule has 1 aliphatic heterocycles. The molecule has 0 saturated carbocycles. The maximum atomic E-state index is 14.9. The van der Waals surface area contributed by atoms with Gasteiger partial charge in [-0.2, -0.15) is 5.10 Å². The van der Waals surface area contributed by atoms with Crippen molar-refractivity contribution < 1.29 is 9.18 Å². The molecule has 1 atom stereocenters. The fourth-order valence-corrected chi connectivity index (χ4v) is 4.15. The lowest BCUT2D eigenvalue weighted by Crippen LogP contribution is -2.18. The van der Waals surface area contributed by atoms with Crippen LogP contribution in [-0.2, 0) is 7.05 Å². The summed E-state index contributed by atoms with van der Waals surface area (Å²) in [5.74, 6) is -0.155. The molecule has 7 nitrogen and oxygen atoms in total. The lowest BCUT2D eigenvalue weighted by atomic mass is 10.1. The second-order valence-corrected chi connectivity index (χ2v) is 7.60. The Morgan fingerprint density at radius 2 is 2.14 bits per heavy atom. The van der Waals surface area contributed by atoms with E-state index >= 15 is 0 Å². The van der Waals surface area contributed by atoms with Crippen LogP contribution < -0.4 is 5.32 Å². The van der Waals surface area contributed by atoms with Crippen molar-refractivity contribution in [2.75, 3.05) is 18.9 Å². The number of halogens is 1. The van der Waals surface area contributed by atoms with Crippen LogP contribution in [0.4, 0.5) is 10.2 Å². The second-order valence-electron chi connectivity index (χ2n) is 7.60. The number of likely N-dealkylation sites (tertiary alicyclic amines) is 1. The molecule has 3 aromatic heterocycles. The lowest BCUT2D eigenvalue weighted by Gasteiger charge is -2.17. The van der Waals surface area contributed by atoms with Gasteiger partial charge in [-0.3, -0.25) is 14.4 Å². The van der Waals surface area contributed by atoms with Gasteiger partial charge in [0.1, 0.15) is 5.82 Å². The minimum absolute atomic E-state index is 0.0478. The average molecular weight is 392 g/mol. The predicted octanol–water partition coefficient (Wildman–Crippen LogP) is 3.61. The van der Waals surface area contributed by atoms with Crippen LogP contribution >= 0.6 is 0 Å². The molecule has 0 bridgehead atoms. The number of aryl methyl sites for hydroxylation is 1. The van der Waals surface area contributed by atoms with Gasteiger partial charge in [0, 0.05) is 30.3 Å². The molecule has 148 valence electrons. The Hall–Kier alpha value is -3.26. The minimum Gasteiger partial charge on any atom is -0.354 e. The number of carbonyl (C=O) groups is 1. The van der Waals surface area contributed by atoms with E-state index in [2.05, 4.69) is 25.3 Å². The van der Waals surface area contributed by atoms with Crippen molar-refractivity contribution in [2.45, 2.75) is 18.9 Å². The predicted molar refractivity (Wildman–Crippen MR) is 109 cm³/mol. The number of aromatic nitrogens is 4. The van der Waals surface area contributed by atoms with Crippen LogP contribution in [-0.4, -0.2) is 44.1 Å². The summed E-state index contributed by atoms with van der Waals surface area (Å²) in [7, 11) is 3.86. The van der Waals surface area contributed by atoms with Crippen molar-refractivity contribution >= 4 is 33.5 Å². The maximum Gasteiger partial charge on any atom is 0.256 e. The summed E-state index contributed by atoms with van der Waals surface area (Å²) in [4.78, 5) is 22.2. The highest BCUT2D eigenvalue weighted by atomic mass is 19.1. The molecule has 5 rings (SSSR count). The number of hydrogen-bond donors (Lipinski definition) is 2. The summed E-state index contributed by atoms with van der Waals surface area (Å²) in [6, 6.07) is 7.13. The average Bonchev–Trinajstić information content (AvgIpc) is 3.39. The number of amides is 1. The van der Waals surface area contributed by atoms with Gasteiger partial charge >= 0.3 is 0 Å². The zero-order valence-electron chi connectivity index (χ0n) is 16.2. The van der Waals surface area contributed by atoms with Crippen molar-refractivity contribution in [3.63, 3.8) is 0 Å². The molecule has 1 aliphatic rings. The highest BCUT2D eigenvalue weighted by Gasteiger charge is 2.28. The molecule has 0 radical (unpaired) electrons. The number of aromatic amines is 1. The van der Waals surface area contributed by atoms with Gasteiger partial charge in [0.2, 0.25) is 0 Å². The molecule has 8 heteroatoms. The minimum atomic E-state index is -0.273. The van der Waals surface area contributed by atoms with E-state index in [1.165, 1.54) is 6.20 Å². The zero-order valence-corrected chi connectivity index (χ0v) is 16.2. The maximum absolute atomic E-state index is 14.9. The Balaban J connectivity index is 1.43. The monoisotopic (exact) mass is 392 g/mol. The van der Waals surface area contributed by atoms with Crippen molar-refractivity contribution in [2.24, 2.45) is 7.05 Å². The Bertz CT molecular complexity index is 1240. The van der Waals surface area contributed by atoms with E-state index in [4.69, 9.17) is 0 Å². The third kappa shape index (κ3) is 2.96. The normalized spacial score (nSPS) is 17.4. The van der Waals surface area contributed by atoms with E-state index in [0.29, 0.717) is 28.0 Å². The SMILES string of the molecule is CN1CCC[C@@H]1c1[nH]c2cc(NC(=O)c3ccc4c(cnn4C)c3)ncc2c1F. The number of nitrogens with one attached hydrogen (secondary N) is 2. The molecule has 2 N–H and O–H groups in total. The van der Waals surface area contributed by atoms with Gasteiger partial charge < -0.3 is 10.3 Å². The van der Waals surface area contributed by atoms with E-state index < -0.39 is 0 Å². The first-order valence-electron chi connectivity index (χ1n) is 9.62. The largest absolute Gasteiger partial charge is 0.354 e. The fourth-order valence-electron chi connectivity index (χ4n) is 4.15. The number of rotatable bonds is 3. The summed E-state index contributed by atoms with van der Waals surface area (Å²) in [5.41, 5.74) is 2.68. The fraction of sp³-hybridized carbons (Fsp3) is 0.286. The molecule has 0 aliphatic carbocycles. The van der Waals surface area contributed by atoms with Gasteiger partial charge in [0.05, 0.1) is 34.4 Å². The molecule has 0 unspecified atom stereocenters. The van der Waals surface area contributed by atoms with E-state index in [1.54, 1.807) is 29.1 Å². The van der Waals surface area contributed by atoms with Gasteiger partial charge in [-0.05, 0) is 44.6 Å². The van der Waals surface area contributed by atoms with E-state index in [-0.39, 0.29) is 17.8 Å². The van der Waals surface area contributed by atoms with Gasteiger partial charge in [-0.25, -0.2) is 9.37 Å². The van der Waals surface area contributed by atoms with Gasteiger partial charge in [0.15, 0.2) is 5.82 Å². The molecule has 0 spiro atoms. The van der Waals surface area contributed by atoms with Crippen LogP contribution in [0.25, 0.3) is 21.8 Å². The third-order valence-electron chi connectivity index (χ3n) is 5.75. The number of H-pyrrole nitrogens is 1. The zero-order chi connectivity index (χ0) is 20.1. The smallest absolute Gasteiger partial charge is 0.256 e. The molecule has 1 fully saturated rings. The topological polar surface area (TPSA) is 78.8 Å². The Kier molecular flexibility index (Phi) is 4.09. The third-order valence-corrected chi connectivity index (χ3v) is 5.75. The number of carbonyl (C=O) groups excluding carboxylic acids is 1. The summed E-state index contributed by atoms with van der Waals surface area (Å²) >= 11 is 0. The quantitative estimate of drug-likeness (QED) is 0.558. The lowest BCUT2D eigenvalue weighted by molar-refractivity contribution is 0.102. The highest BCUT2D eigenvalue weighted by Crippen LogP contribution is 2.34. The number of hydrogen-bond acceptors (Lipinski definition) is 4. The highest BCUT2D eigenvalue weighted by molar-refractivity contribution is 6.06. The molecule has 1 aromatic carbocycles. The van der Waals surface area contributed by atoms with Crippen LogP contribution in [0.2, 0.25) is 0 Å². The molecule has 1 saturated heterocycles. The van der Waals surface area contributed by atoms with Gasteiger partial charge in [-0.1, -0.05) is 0 Å². The standard InChI is InChI=1S/C21H21FN6O/c1-27-7-3-4-17(27)20-19(22)14-11-23-18(9-15(14)25-20)26-21(29)12-5-6-16-13(8-12)10-24-28(16)2/h5-6,8-11,17,25H,3-4,7H2,1-2H3,(H,23,26,29)/t17-/m1/s1. The van der Waals surface area contributed by atoms with Gasteiger partial charge in [0.25, 0.3) is 5.91 Å². The van der Waals surface area contributed by atoms with Crippen molar-refractivity contribution in [1.29, 1.82) is 0 Å². The van der Waals surface area contributed by atoms with Crippen LogP contribution in [0.1, 0.15) is 34.9 Å². The molecular weight excluding hydrogens is 371 g/mol. The first-order valence-corrected chi connectivity index (χ1v) is 9.62. The molecule has 4 aromatic rings. The molecule has 4 heterocycles.